The Bertz CT molecular complexity index is 617. The summed E-state index contributed by atoms with van der Waals surface area (Å²) in [6, 6.07) is 19.1. The Morgan fingerprint density at radius 3 is 1.81 bits per heavy atom. The highest BCUT2D eigenvalue weighted by Gasteiger charge is 2.36. The van der Waals surface area contributed by atoms with E-state index < -0.39 is 5.60 Å². The van der Waals surface area contributed by atoms with Crippen molar-refractivity contribution in [3.63, 3.8) is 0 Å². The van der Waals surface area contributed by atoms with E-state index in [1.807, 2.05) is 60.7 Å². The second kappa shape index (κ2) is 5.66. The lowest BCUT2D eigenvalue weighted by atomic mass is 9.76. The number of carbonyl (C=O) groups excluding carboxylic acids is 1. The van der Waals surface area contributed by atoms with E-state index >= 15 is 0 Å². The molecule has 21 heavy (non-hydrogen) atoms. The SMILES string of the molecule is O=C1C=C(C(O)(c2ccccc2)c2ccccc2)CCC1. The zero-order valence-corrected chi connectivity index (χ0v) is 11.8. The predicted molar refractivity (Wildman–Crippen MR) is 82.8 cm³/mol. The minimum Gasteiger partial charge on any atom is -0.376 e. The van der Waals surface area contributed by atoms with Crippen molar-refractivity contribution in [2.45, 2.75) is 24.9 Å². The van der Waals surface area contributed by atoms with E-state index in [1.165, 1.54) is 0 Å². The summed E-state index contributed by atoms with van der Waals surface area (Å²) in [5, 5.41) is 11.5. The molecule has 0 saturated heterocycles. The fourth-order valence-corrected chi connectivity index (χ4v) is 2.97. The summed E-state index contributed by atoms with van der Waals surface area (Å²) in [6.45, 7) is 0. The lowest BCUT2D eigenvalue weighted by molar-refractivity contribution is -0.115. The van der Waals surface area contributed by atoms with Gasteiger partial charge in [-0.1, -0.05) is 60.7 Å². The van der Waals surface area contributed by atoms with Crippen LogP contribution in [0.3, 0.4) is 0 Å². The van der Waals surface area contributed by atoms with E-state index in [0.717, 1.165) is 29.5 Å². The van der Waals surface area contributed by atoms with Gasteiger partial charge in [-0.15, -0.1) is 0 Å². The van der Waals surface area contributed by atoms with Gasteiger partial charge in [-0.25, -0.2) is 0 Å². The molecule has 0 spiro atoms. The standard InChI is InChI=1S/C19H18O2/c20-18-13-7-12-17(14-18)19(21,15-8-3-1-4-9-15)16-10-5-2-6-11-16/h1-6,8-11,14,21H,7,12-13H2. The van der Waals surface area contributed by atoms with E-state index in [0.29, 0.717) is 6.42 Å². The number of hydrogen-bond donors (Lipinski definition) is 1. The van der Waals surface area contributed by atoms with Gasteiger partial charge in [0.2, 0.25) is 0 Å². The number of aliphatic hydroxyl groups is 1. The molecule has 2 aromatic carbocycles. The summed E-state index contributed by atoms with van der Waals surface area (Å²) in [5.74, 6) is 0.0986. The topological polar surface area (TPSA) is 37.3 Å². The van der Waals surface area contributed by atoms with Crippen molar-refractivity contribution >= 4 is 5.78 Å². The van der Waals surface area contributed by atoms with E-state index in [1.54, 1.807) is 6.08 Å². The second-order valence-corrected chi connectivity index (χ2v) is 5.43. The molecule has 2 nitrogen and oxygen atoms in total. The zero-order chi connectivity index (χ0) is 14.7. The Morgan fingerprint density at radius 2 is 1.33 bits per heavy atom. The van der Waals surface area contributed by atoms with Crippen molar-refractivity contribution in [2.75, 3.05) is 0 Å². The maximum Gasteiger partial charge on any atom is 0.155 e. The van der Waals surface area contributed by atoms with Gasteiger partial charge in [-0.2, -0.15) is 0 Å². The van der Waals surface area contributed by atoms with Crippen LogP contribution in [0.2, 0.25) is 0 Å². The maximum absolute atomic E-state index is 11.8. The Morgan fingerprint density at radius 1 is 0.810 bits per heavy atom. The van der Waals surface area contributed by atoms with Gasteiger partial charge in [-0.05, 0) is 35.6 Å². The molecule has 3 rings (SSSR count). The smallest absolute Gasteiger partial charge is 0.155 e. The third-order valence-corrected chi connectivity index (χ3v) is 4.05. The van der Waals surface area contributed by atoms with Crippen molar-refractivity contribution in [1.82, 2.24) is 0 Å². The van der Waals surface area contributed by atoms with Crippen molar-refractivity contribution in [2.24, 2.45) is 0 Å². The predicted octanol–water partition coefficient (Wildman–Crippen LogP) is 3.60. The summed E-state index contributed by atoms with van der Waals surface area (Å²) in [7, 11) is 0. The van der Waals surface area contributed by atoms with Crippen molar-refractivity contribution in [3.8, 4) is 0 Å². The van der Waals surface area contributed by atoms with Gasteiger partial charge in [0.25, 0.3) is 0 Å². The summed E-state index contributed by atoms with van der Waals surface area (Å²) in [5.41, 5.74) is 1.17. The molecule has 106 valence electrons. The van der Waals surface area contributed by atoms with Gasteiger partial charge in [0.05, 0.1) is 0 Å². The van der Waals surface area contributed by atoms with Gasteiger partial charge in [0.15, 0.2) is 5.78 Å². The first-order chi connectivity index (χ1) is 10.2. The first-order valence-electron chi connectivity index (χ1n) is 7.28. The molecule has 1 N–H and O–H groups in total. The highest BCUT2D eigenvalue weighted by atomic mass is 16.3. The largest absolute Gasteiger partial charge is 0.376 e. The number of ketones is 1. The molecule has 0 bridgehead atoms. The molecular formula is C19H18O2. The molecule has 0 fully saturated rings. The van der Waals surface area contributed by atoms with Crippen molar-refractivity contribution < 1.29 is 9.90 Å². The summed E-state index contributed by atoms with van der Waals surface area (Å²) < 4.78 is 0. The minimum atomic E-state index is -1.22. The summed E-state index contributed by atoms with van der Waals surface area (Å²) in [4.78, 5) is 11.8. The molecule has 0 atom stereocenters. The molecule has 1 aliphatic carbocycles. The zero-order valence-electron chi connectivity index (χ0n) is 11.8. The Kier molecular flexibility index (Phi) is 3.72. The molecule has 0 aromatic heterocycles. The first-order valence-corrected chi connectivity index (χ1v) is 7.28. The number of benzene rings is 2. The van der Waals surface area contributed by atoms with Gasteiger partial charge in [0, 0.05) is 6.42 Å². The molecule has 0 amide bonds. The molecule has 0 radical (unpaired) electrons. The molecule has 0 heterocycles. The van der Waals surface area contributed by atoms with Gasteiger partial charge < -0.3 is 5.11 Å². The number of allylic oxidation sites excluding steroid dienone is 1. The number of rotatable bonds is 3. The molecular weight excluding hydrogens is 260 g/mol. The van der Waals surface area contributed by atoms with Crippen LogP contribution in [0.1, 0.15) is 30.4 Å². The molecule has 1 aliphatic rings. The van der Waals surface area contributed by atoms with Crippen LogP contribution in [0.4, 0.5) is 0 Å². The van der Waals surface area contributed by atoms with Gasteiger partial charge >= 0.3 is 0 Å². The van der Waals surface area contributed by atoms with E-state index in [4.69, 9.17) is 0 Å². The van der Waals surface area contributed by atoms with Crippen LogP contribution in [-0.4, -0.2) is 10.9 Å². The highest BCUT2D eigenvalue weighted by Crippen LogP contribution is 2.40. The average molecular weight is 278 g/mol. The summed E-state index contributed by atoms with van der Waals surface area (Å²) in [6.07, 6.45) is 3.74. The van der Waals surface area contributed by atoms with Gasteiger partial charge in [0.1, 0.15) is 5.60 Å². The monoisotopic (exact) mass is 278 g/mol. The third-order valence-electron chi connectivity index (χ3n) is 4.05. The molecule has 2 heteroatoms. The Balaban J connectivity index is 2.18. The molecule has 0 saturated carbocycles. The number of hydrogen-bond acceptors (Lipinski definition) is 2. The maximum atomic E-state index is 11.8. The fourth-order valence-electron chi connectivity index (χ4n) is 2.97. The third kappa shape index (κ3) is 2.55. The lowest BCUT2D eigenvalue weighted by Gasteiger charge is -2.33. The Hall–Kier alpha value is -2.19. The van der Waals surface area contributed by atoms with E-state index in [2.05, 4.69) is 0 Å². The van der Waals surface area contributed by atoms with Crippen molar-refractivity contribution in [3.05, 3.63) is 83.4 Å². The van der Waals surface area contributed by atoms with Crippen LogP contribution in [0.15, 0.2) is 72.3 Å². The summed E-state index contributed by atoms with van der Waals surface area (Å²) >= 11 is 0. The minimum absolute atomic E-state index is 0.0986. The average Bonchev–Trinajstić information content (AvgIpc) is 2.56. The lowest BCUT2D eigenvalue weighted by Crippen LogP contribution is -2.31. The normalized spacial score (nSPS) is 15.7. The van der Waals surface area contributed by atoms with Gasteiger partial charge in [-0.3, -0.25) is 4.79 Å². The van der Waals surface area contributed by atoms with Crippen LogP contribution in [0.25, 0.3) is 0 Å². The van der Waals surface area contributed by atoms with Crippen LogP contribution in [-0.2, 0) is 10.4 Å². The van der Waals surface area contributed by atoms with E-state index in [-0.39, 0.29) is 5.78 Å². The van der Waals surface area contributed by atoms with E-state index in [9.17, 15) is 9.90 Å². The van der Waals surface area contributed by atoms with Crippen molar-refractivity contribution in [1.29, 1.82) is 0 Å². The Labute approximate surface area is 124 Å². The van der Waals surface area contributed by atoms with Crippen LogP contribution < -0.4 is 0 Å². The van der Waals surface area contributed by atoms with Crippen LogP contribution in [0, 0.1) is 0 Å². The molecule has 0 aliphatic heterocycles. The first kappa shape index (κ1) is 13.8. The highest BCUT2D eigenvalue weighted by molar-refractivity contribution is 5.91. The fraction of sp³-hybridized carbons (Fsp3) is 0.211. The number of carbonyl (C=O) groups is 1. The van der Waals surface area contributed by atoms with Crippen LogP contribution >= 0.6 is 0 Å². The van der Waals surface area contributed by atoms with Crippen LogP contribution in [0.5, 0.6) is 0 Å². The quantitative estimate of drug-likeness (QED) is 0.931. The molecule has 0 unspecified atom stereocenters. The molecule has 2 aromatic rings. The second-order valence-electron chi connectivity index (χ2n) is 5.43.